The Bertz CT molecular complexity index is 417. The van der Waals surface area contributed by atoms with Gasteiger partial charge in [0, 0.05) is 22.8 Å². The average Bonchev–Trinajstić information content (AvgIpc) is 2.16. The zero-order valence-electron chi connectivity index (χ0n) is 6.39. The Balaban J connectivity index is 3.37. The van der Waals surface area contributed by atoms with Gasteiger partial charge in [0.05, 0.1) is 0 Å². The molecule has 1 rings (SSSR count). The minimum absolute atomic E-state index is 0.580. The van der Waals surface area contributed by atoms with Crippen LogP contribution in [0.25, 0.3) is 0 Å². The first-order chi connectivity index (χ1) is 5.81. The van der Waals surface area contributed by atoms with Gasteiger partial charge in [-0.1, -0.05) is 17.8 Å². The minimum Gasteiger partial charge on any atom is -0.115 e. The SMILES string of the molecule is C#Cc1c[c]c(C#C)c(C#C)c1. The van der Waals surface area contributed by atoms with E-state index in [1.807, 2.05) is 0 Å². The molecule has 12 heavy (non-hydrogen) atoms. The molecule has 0 heteroatoms. The van der Waals surface area contributed by atoms with E-state index in [2.05, 4.69) is 23.8 Å². The molecule has 0 atom stereocenters. The van der Waals surface area contributed by atoms with Crippen molar-refractivity contribution in [2.75, 3.05) is 0 Å². The van der Waals surface area contributed by atoms with Crippen molar-refractivity contribution in [1.29, 1.82) is 0 Å². The molecule has 0 nitrogen and oxygen atoms in total. The molecule has 0 aliphatic carbocycles. The van der Waals surface area contributed by atoms with Gasteiger partial charge in [-0.15, -0.1) is 19.3 Å². The highest BCUT2D eigenvalue weighted by atomic mass is 14.0. The normalized spacial score (nSPS) is 7.75. The molecule has 1 radical (unpaired) electrons. The van der Waals surface area contributed by atoms with E-state index in [1.54, 1.807) is 12.1 Å². The van der Waals surface area contributed by atoms with E-state index >= 15 is 0 Å². The third-order valence-corrected chi connectivity index (χ3v) is 1.41. The molecule has 0 N–H and O–H groups in total. The van der Waals surface area contributed by atoms with E-state index in [0.717, 1.165) is 0 Å². The summed E-state index contributed by atoms with van der Waals surface area (Å²) in [5.41, 5.74) is 1.89. The highest BCUT2D eigenvalue weighted by molar-refractivity contribution is 5.52. The molecule has 0 bridgehead atoms. The first-order valence-electron chi connectivity index (χ1n) is 3.27. The average molecular weight is 149 g/mol. The van der Waals surface area contributed by atoms with Gasteiger partial charge < -0.3 is 0 Å². The summed E-state index contributed by atoms with van der Waals surface area (Å²) in [5.74, 6) is 7.34. The Hall–Kier alpha value is -2.10. The van der Waals surface area contributed by atoms with Crippen molar-refractivity contribution in [2.45, 2.75) is 0 Å². The molecular weight excluding hydrogens is 144 g/mol. The van der Waals surface area contributed by atoms with Crippen molar-refractivity contribution < 1.29 is 0 Å². The lowest BCUT2D eigenvalue weighted by atomic mass is 10.1. The molecular formula is C12H5. The van der Waals surface area contributed by atoms with Gasteiger partial charge in [0.2, 0.25) is 0 Å². The molecule has 0 saturated heterocycles. The molecule has 0 saturated carbocycles. The standard InChI is InChI=1S/C12H5/c1-4-10-7-8-11(5-2)12(6-3)9-10/h1-3,7,9H. The van der Waals surface area contributed by atoms with Gasteiger partial charge in [0.1, 0.15) is 0 Å². The summed E-state index contributed by atoms with van der Waals surface area (Å²) in [6, 6.07) is 6.18. The van der Waals surface area contributed by atoms with Gasteiger partial charge >= 0.3 is 0 Å². The quantitative estimate of drug-likeness (QED) is 0.489. The third kappa shape index (κ3) is 1.32. The minimum atomic E-state index is 0.580. The second-order valence-electron chi connectivity index (χ2n) is 2.11. The number of benzene rings is 1. The monoisotopic (exact) mass is 149 g/mol. The molecule has 0 heterocycles. The zero-order valence-corrected chi connectivity index (χ0v) is 6.39. The van der Waals surface area contributed by atoms with Gasteiger partial charge in [-0.25, -0.2) is 0 Å². The van der Waals surface area contributed by atoms with Crippen molar-refractivity contribution in [3.63, 3.8) is 0 Å². The third-order valence-electron chi connectivity index (χ3n) is 1.41. The van der Waals surface area contributed by atoms with Gasteiger partial charge in [-0.2, -0.15) is 0 Å². The fraction of sp³-hybridized carbons (Fsp3) is 0. The Morgan fingerprint density at radius 1 is 1.08 bits per heavy atom. The molecule has 53 valence electrons. The summed E-state index contributed by atoms with van der Waals surface area (Å²) in [7, 11) is 0. The summed E-state index contributed by atoms with van der Waals surface area (Å²) in [6.07, 6.45) is 15.6. The van der Waals surface area contributed by atoms with Crippen molar-refractivity contribution >= 4 is 0 Å². The fourth-order valence-corrected chi connectivity index (χ4v) is 0.814. The predicted octanol–water partition coefficient (Wildman–Crippen LogP) is 1.43. The van der Waals surface area contributed by atoms with Crippen molar-refractivity contribution in [2.24, 2.45) is 0 Å². The lowest BCUT2D eigenvalue weighted by Crippen LogP contribution is -1.85. The van der Waals surface area contributed by atoms with Crippen LogP contribution < -0.4 is 0 Å². The van der Waals surface area contributed by atoms with E-state index in [9.17, 15) is 0 Å². The predicted molar refractivity (Wildman–Crippen MR) is 49.1 cm³/mol. The van der Waals surface area contributed by atoms with E-state index in [-0.39, 0.29) is 0 Å². The van der Waals surface area contributed by atoms with Crippen LogP contribution in [0, 0.1) is 43.1 Å². The number of terminal acetylenes is 3. The lowest BCUT2D eigenvalue weighted by Gasteiger charge is -1.95. The summed E-state index contributed by atoms with van der Waals surface area (Å²) in [5, 5.41) is 0. The van der Waals surface area contributed by atoms with Crippen molar-refractivity contribution in [3.05, 3.63) is 34.9 Å². The lowest BCUT2D eigenvalue weighted by molar-refractivity contribution is 1.54. The molecule has 0 unspecified atom stereocenters. The van der Waals surface area contributed by atoms with Crippen LogP contribution in [0.4, 0.5) is 0 Å². The molecule has 0 spiro atoms. The van der Waals surface area contributed by atoms with Crippen LogP contribution in [0.3, 0.4) is 0 Å². The van der Waals surface area contributed by atoms with Crippen molar-refractivity contribution in [1.82, 2.24) is 0 Å². The van der Waals surface area contributed by atoms with Gasteiger partial charge in [-0.05, 0) is 12.1 Å². The Morgan fingerprint density at radius 2 is 1.83 bits per heavy atom. The summed E-state index contributed by atoms with van der Waals surface area (Å²) in [6.45, 7) is 0. The topological polar surface area (TPSA) is 0 Å². The molecule has 0 aliphatic heterocycles. The first kappa shape index (κ1) is 8.00. The Kier molecular flexibility index (Phi) is 2.23. The van der Waals surface area contributed by atoms with Gasteiger partial charge in [0.15, 0.2) is 0 Å². The zero-order chi connectivity index (χ0) is 8.97. The summed E-state index contributed by atoms with van der Waals surface area (Å²) >= 11 is 0. The summed E-state index contributed by atoms with van der Waals surface area (Å²) < 4.78 is 0. The number of rotatable bonds is 0. The maximum Gasteiger partial charge on any atom is 0.0478 e. The smallest absolute Gasteiger partial charge is 0.0478 e. The molecule has 0 amide bonds. The highest BCUT2D eigenvalue weighted by Crippen LogP contribution is 2.08. The second-order valence-corrected chi connectivity index (χ2v) is 2.11. The second kappa shape index (κ2) is 3.34. The van der Waals surface area contributed by atoms with Crippen LogP contribution in [0.15, 0.2) is 12.1 Å². The van der Waals surface area contributed by atoms with E-state index in [0.29, 0.717) is 16.7 Å². The van der Waals surface area contributed by atoms with Crippen LogP contribution in [0.1, 0.15) is 16.7 Å². The van der Waals surface area contributed by atoms with Crippen LogP contribution in [0.5, 0.6) is 0 Å². The highest BCUT2D eigenvalue weighted by Gasteiger charge is 1.97. The largest absolute Gasteiger partial charge is 0.115 e. The Labute approximate surface area is 72.6 Å². The number of hydrogen-bond donors (Lipinski definition) is 0. The maximum atomic E-state index is 5.22. The van der Waals surface area contributed by atoms with Crippen LogP contribution in [-0.4, -0.2) is 0 Å². The summed E-state index contributed by atoms with van der Waals surface area (Å²) in [4.78, 5) is 0. The van der Waals surface area contributed by atoms with Crippen molar-refractivity contribution in [3.8, 4) is 37.0 Å². The molecule has 0 aromatic heterocycles. The van der Waals surface area contributed by atoms with Gasteiger partial charge in [0.25, 0.3) is 0 Å². The van der Waals surface area contributed by atoms with Crippen LogP contribution in [0.2, 0.25) is 0 Å². The molecule has 0 aliphatic rings. The maximum absolute atomic E-state index is 5.22. The van der Waals surface area contributed by atoms with E-state index < -0.39 is 0 Å². The van der Waals surface area contributed by atoms with Crippen LogP contribution in [-0.2, 0) is 0 Å². The molecule has 0 fully saturated rings. The molecule has 1 aromatic rings. The van der Waals surface area contributed by atoms with E-state index in [1.165, 1.54) is 0 Å². The number of hydrogen-bond acceptors (Lipinski definition) is 0. The van der Waals surface area contributed by atoms with Gasteiger partial charge in [-0.3, -0.25) is 0 Å². The van der Waals surface area contributed by atoms with Crippen LogP contribution >= 0.6 is 0 Å². The first-order valence-corrected chi connectivity index (χ1v) is 3.27. The Morgan fingerprint density at radius 3 is 2.33 bits per heavy atom. The fourth-order valence-electron chi connectivity index (χ4n) is 0.814. The van der Waals surface area contributed by atoms with E-state index in [4.69, 9.17) is 19.3 Å². The molecule has 1 aromatic carbocycles.